The van der Waals surface area contributed by atoms with Crippen molar-refractivity contribution in [2.75, 3.05) is 0 Å². The topological polar surface area (TPSA) is 0 Å². The average molecular weight is 366 g/mol. The van der Waals surface area contributed by atoms with Crippen LogP contribution >= 0.6 is 15.8 Å². The van der Waals surface area contributed by atoms with E-state index >= 15 is 0 Å². The van der Waals surface area contributed by atoms with E-state index < -0.39 is 0 Å². The van der Waals surface area contributed by atoms with Gasteiger partial charge in [0.15, 0.2) is 0 Å². The van der Waals surface area contributed by atoms with Crippen molar-refractivity contribution in [3.05, 3.63) is 84.2 Å². The Bertz CT molecular complexity index is 729. The van der Waals surface area contributed by atoms with Crippen LogP contribution in [0.1, 0.15) is 27.7 Å². The molecule has 2 heteroatoms. The minimum absolute atomic E-state index is 0.242. The molecule has 130 valence electrons. The maximum Gasteiger partial charge on any atom is 0.0274 e. The van der Waals surface area contributed by atoms with Gasteiger partial charge < -0.3 is 0 Å². The van der Waals surface area contributed by atoms with Crippen molar-refractivity contribution in [1.82, 2.24) is 0 Å². The van der Waals surface area contributed by atoms with Gasteiger partial charge in [0.2, 0.25) is 0 Å². The summed E-state index contributed by atoms with van der Waals surface area (Å²) < 4.78 is 0. The van der Waals surface area contributed by atoms with Gasteiger partial charge in [0, 0.05) is 5.66 Å². The number of hydrogen-bond donors (Lipinski definition) is 0. The van der Waals surface area contributed by atoms with Gasteiger partial charge >= 0.3 is 0 Å². The first-order chi connectivity index (χ1) is 12.1. The highest BCUT2D eigenvalue weighted by Crippen LogP contribution is 2.60. The van der Waals surface area contributed by atoms with Crippen LogP contribution in [0.25, 0.3) is 0 Å². The van der Waals surface area contributed by atoms with Crippen LogP contribution in [-0.4, -0.2) is 17.0 Å². The van der Waals surface area contributed by atoms with Crippen molar-refractivity contribution in [1.29, 1.82) is 0 Å². The Hall–Kier alpha value is -1.22. The molecule has 0 saturated carbocycles. The minimum atomic E-state index is -0.288. The van der Waals surface area contributed by atoms with Crippen LogP contribution in [0, 0.1) is 0 Å². The zero-order chi connectivity index (χ0) is 17.8. The first-order valence-corrected chi connectivity index (χ1v) is 12.0. The summed E-state index contributed by atoms with van der Waals surface area (Å²) in [6, 6.07) is 22.3. The van der Waals surface area contributed by atoms with Crippen LogP contribution < -0.4 is 10.6 Å². The highest BCUT2D eigenvalue weighted by Gasteiger charge is 2.33. The Morgan fingerprint density at radius 2 is 1.28 bits per heavy atom. The monoisotopic (exact) mass is 366 g/mol. The molecular formula is C23H28P2. The van der Waals surface area contributed by atoms with Gasteiger partial charge in [-0.05, 0) is 35.2 Å². The third-order valence-corrected chi connectivity index (χ3v) is 10.7. The summed E-state index contributed by atoms with van der Waals surface area (Å²) in [7, 11) is -0.530. The van der Waals surface area contributed by atoms with Crippen molar-refractivity contribution in [3.63, 3.8) is 0 Å². The molecule has 2 aromatic carbocycles. The van der Waals surface area contributed by atoms with Crippen LogP contribution in [0.2, 0.25) is 0 Å². The van der Waals surface area contributed by atoms with Crippen molar-refractivity contribution in [3.8, 4) is 0 Å². The predicted molar refractivity (Wildman–Crippen MR) is 117 cm³/mol. The van der Waals surface area contributed by atoms with E-state index in [0.717, 1.165) is 0 Å². The minimum Gasteiger partial charge on any atom is -0.0724 e. The van der Waals surface area contributed by atoms with Crippen molar-refractivity contribution < 1.29 is 0 Å². The second-order valence-corrected chi connectivity index (χ2v) is 12.8. The molecule has 3 atom stereocenters. The number of hydrogen-bond acceptors (Lipinski definition) is 0. The van der Waals surface area contributed by atoms with Gasteiger partial charge in [-0.15, -0.1) is 0 Å². The third-order valence-electron chi connectivity index (χ3n) is 4.60. The highest BCUT2D eigenvalue weighted by molar-refractivity contribution is 7.73. The first-order valence-electron chi connectivity index (χ1n) is 9.15. The van der Waals surface area contributed by atoms with Gasteiger partial charge in [-0.25, -0.2) is 0 Å². The lowest BCUT2D eigenvalue weighted by molar-refractivity contribution is 1.07. The van der Waals surface area contributed by atoms with Crippen LogP contribution in [-0.2, 0) is 0 Å². The van der Waals surface area contributed by atoms with Gasteiger partial charge in [0.05, 0.1) is 0 Å². The molecule has 0 fully saturated rings. The van der Waals surface area contributed by atoms with E-state index in [2.05, 4.69) is 107 Å². The van der Waals surface area contributed by atoms with E-state index in [0.29, 0.717) is 17.0 Å². The summed E-state index contributed by atoms with van der Waals surface area (Å²) in [6.45, 7) is 9.55. The molecule has 3 unspecified atom stereocenters. The van der Waals surface area contributed by atoms with Gasteiger partial charge in [0.25, 0.3) is 0 Å². The summed E-state index contributed by atoms with van der Waals surface area (Å²) >= 11 is 0. The number of rotatable bonds is 6. The zero-order valence-corrected chi connectivity index (χ0v) is 17.4. The van der Waals surface area contributed by atoms with E-state index in [1.807, 2.05) is 0 Å². The van der Waals surface area contributed by atoms with Crippen molar-refractivity contribution in [2.24, 2.45) is 0 Å². The quantitative estimate of drug-likeness (QED) is 0.531. The first kappa shape index (κ1) is 18.6. The second-order valence-electron chi connectivity index (χ2n) is 7.06. The Morgan fingerprint density at radius 3 is 1.80 bits per heavy atom. The van der Waals surface area contributed by atoms with Crippen molar-refractivity contribution in [2.45, 2.75) is 44.7 Å². The second kappa shape index (κ2) is 8.44. The van der Waals surface area contributed by atoms with E-state index in [9.17, 15) is 0 Å². The summed E-state index contributed by atoms with van der Waals surface area (Å²) in [6.07, 6.45) is 7.19. The molecule has 0 amide bonds. The Kier molecular flexibility index (Phi) is 6.27. The Balaban J connectivity index is 1.99. The normalized spacial score (nSPS) is 19.3. The maximum absolute atomic E-state index is 2.47. The molecule has 25 heavy (non-hydrogen) atoms. The molecule has 1 aliphatic rings. The van der Waals surface area contributed by atoms with Crippen LogP contribution in [0.5, 0.6) is 0 Å². The molecule has 0 bridgehead atoms. The average Bonchev–Trinajstić information content (AvgIpc) is 3.05. The molecule has 0 spiro atoms. The third kappa shape index (κ3) is 4.13. The fourth-order valence-corrected chi connectivity index (χ4v) is 9.71. The fourth-order valence-electron chi connectivity index (χ4n) is 3.63. The fraction of sp³-hybridized carbons (Fsp3) is 0.304. The molecule has 0 saturated heterocycles. The lowest BCUT2D eigenvalue weighted by Crippen LogP contribution is -2.21. The van der Waals surface area contributed by atoms with E-state index in [4.69, 9.17) is 0 Å². The van der Waals surface area contributed by atoms with Crippen molar-refractivity contribution >= 4 is 26.5 Å². The predicted octanol–water partition coefficient (Wildman–Crippen LogP) is 6.24. The molecular weight excluding hydrogens is 338 g/mol. The lowest BCUT2D eigenvalue weighted by atomic mass is 10.4. The molecule has 0 heterocycles. The molecule has 3 rings (SSSR count). The molecule has 1 aliphatic carbocycles. The summed E-state index contributed by atoms with van der Waals surface area (Å²) in [5, 5.41) is 4.71. The van der Waals surface area contributed by atoms with E-state index in [1.54, 1.807) is 5.31 Å². The smallest absolute Gasteiger partial charge is 0.0274 e. The molecule has 0 nitrogen and oxygen atoms in total. The zero-order valence-electron chi connectivity index (χ0n) is 15.6. The number of benzene rings is 2. The largest absolute Gasteiger partial charge is 0.0724 e. The summed E-state index contributed by atoms with van der Waals surface area (Å²) in [5.41, 5.74) is 1.91. The maximum atomic E-state index is 2.47. The molecule has 2 aromatic rings. The molecule has 0 radical (unpaired) electrons. The molecule has 0 aromatic heterocycles. The Morgan fingerprint density at radius 1 is 0.720 bits per heavy atom. The number of allylic oxidation sites excluding steroid dienone is 4. The van der Waals surface area contributed by atoms with Gasteiger partial charge in [-0.1, -0.05) is 115 Å². The van der Waals surface area contributed by atoms with Gasteiger partial charge in [-0.2, -0.15) is 0 Å². The molecule has 0 aliphatic heterocycles. The highest BCUT2D eigenvalue weighted by atomic mass is 31.1. The summed E-state index contributed by atoms with van der Waals surface area (Å²) in [5.74, 6) is 0. The van der Waals surface area contributed by atoms with Crippen LogP contribution in [0.4, 0.5) is 0 Å². The summed E-state index contributed by atoms with van der Waals surface area (Å²) in [4.78, 5) is 0. The molecule has 0 N–H and O–H groups in total. The van der Waals surface area contributed by atoms with Gasteiger partial charge in [-0.3, -0.25) is 0 Å². The van der Waals surface area contributed by atoms with Gasteiger partial charge in [0.1, 0.15) is 0 Å². The van der Waals surface area contributed by atoms with Crippen LogP contribution in [0.3, 0.4) is 0 Å². The standard InChI is InChI=1S/C23H28P2/c1-18(2)24(20-12-7-5-8-13-20)22-16-11-17-23(22)25(19(3)4)21-14-9-6-10-15-21/h5-19,22H,1-4H3. The Labute approximate surface area is 155 Å². The van der Waals surface area contributed by atoms with E-state index in [1.165, 1.54) is 10.6 Å². The lowest BCUT2D eigenvalue weighted by Gasteiger charge is -2.34. The SMILES string of the molecule is CC(C)P(C1=CC=CC1P(c1ccccc1)C(C)C)c1ccccc1. The van der Waals surface area contributed by atoms with Crippen LogP contribution in [0.15, 0.2) is 84.2 Å². The van der Waals surface area contributed by atoms with E-state index in [-0.39, 0.29) is 15.8 Å².